The van der Waals surface area contributed by atoms with E-state index in [1.807, 2.05) is 0 Å². The van der Waals surface area contributed by atoms with Crippen LogP contribution in [0.2, 0.25) is 0 Å². The Morgan fingerprint density at radius 2 is 1.78 bits per heavy atom. The van der Waals surface area contributed by atoms with Gasteiger partial charge in [-0.1, -0.05) is 18.2 Å². The van der Waals surface area contributed by atoms with Gasteiger partial charge in [0.2, 0.25) is 9.84 Å². The molecule has 0 aliphatic carbocycles. The number of hydrogen-bond acceptors (Lipinski definition) is 4. The van der Waals surface area contributed by atoms with Crippen molar-refractivity contribution in [1.29, 1.82) is 5.26 Å². The zero-order valence-corrected chi connectivity index (χ0v) is 12.9. The molecule has 1 aromatic rings. The molecule has 1 saturated heterocycles. The van der Waals surface area contributed by atoms with Crippen LogP contribution in [0.4, 0.5) is 13.2 Å². The van der Waals surface area contributed by atoms with Crippen molar-refractivity contribution >= 4 is 9.84 Å². The fourth-order valence-corrected chi connectivity index (χ4v) is 3.58. The molecule has 0 unspecified atom stereocenters. The number of allylic oxidation sites excluding steroid dienone is 1. The van der Waals surface area contributed by atoms with Crippen molar-refractivity contribution in [2.24, 2.45) is 5.92 Å². The van der Waals surface area contributed by atoms with Crippen LogP contribution in [-0.4, -0.2) is 32.6 Å². The predicted octanol–water partition coefficient (Wildman–Crippen LogP) is 3.10. The van der Waals surface area contributed by atoms with Gasteiger partial charge in [-0.25, -0.2) is 8.42 Å². The second-order valence-electron chi connectivity index (χ2n) is 5.27. The maximum Gasteiger partial charge on any atom is 0.391 e. The Morgan fingerprint density at radius 1 is 1.22 bits per heavy atom. The largest absolute Gasteiger partial charge is 0.391 e. The van der Waals surface area contributed by atoms with E-state index < -0.39 is 26.8 Å². The maximum absolute atomic E-state index is 12.6. The van der Waals surface area contributed by atoms with Crippen molar-refractivity contribution < 1.29 is 21.6 Å². The molecule has 0 saturated carbocycles. The van der Waals surface area contributed by atoms with Gasteiger partial charge in [0.1, 0.15) is 6.07 Å². The van der Waals surface area contributed by atoms with Gasteiger partial charge in [-0.05, 0) is 25.0 Å². The first-order valence-corrected chi connectivity index (χ1v) is 8.46. The molecule has 0 spiro atoms. The highest BCUT2D eigenvalue weighted by atomic mass is 32.2. The van der Waals surface area contributed by atoms with Gasteiger partial charge < -0.3 is 4.90 Å². The van der Waals surface area contributed by atoms with Gasteiger partial charge in [0.25, 0.3) is 0 Å². The van der Waals surface area contributed by atoms with E-state index in [4.69, 9.17) is 5.26 Å². The van der Waals surface area contributed by atoms with E-state index in [2.05, 4.69) is 0 Å². The van der Waals surface area contributed by atoms with Crippen LogP contribution >= 0.6 is 0 Å². The third-order valence-corrected chi connectivity index (χ3v) is 5.41. The molecule has 0 atom stereocenters. The Hall–Kier alpha value is -2.01. The van der Waals surface area contributed by atoms with Crippen LogP contribution in [0, 0.1) is 17.2 Å². The normalized spacial score (nSPS) is 17.8. The number of piperidine rings is 1. The van der Waals surface area contributed by atoms with Gasteiger partial charge in [-0.15, -0.1) is 0 Å². The molecule has 4 nitrogen and oxygen atoms in total. The topological polar surface area (TPSA) is 61.2 Å². The first-order valence-electron chi connectivity index (χ1n) is 6.98. The fourth-order valence-electron chi connectivity index (χ4n) is 2.41. The minimum absolute atomic E-state index is 0.0158. The van der Waals surface area contributed by atoms with Crippen molar-refractivity contribution in [3.8, 4) is 6.07 Å². The van der Waals surface area contributed by atoms with Crippen LogP contribution < -0.4 is 0 Å². The third kappa shape index (κ3) is 4.05. The van der Waals surface area contributed by atoms with Crippen molar-refractivity contribution in [2.45, 2.75) is 23.9 Å². The van der Waals surface area contributed by atoms with E-state index in [0.717, 1.165) is 6.20 Å². The summed E-state index contributed by atoms with van der Waals surface area (Å²) in [5.41, 5.74) is 0. The van der Waals surface area contributed by atoms with Crippen LogP contribution in [0.1, 0.15) is 12.8 Å². The lowest BCUT2D eigenvalue weighted by Gasteiger charge is -2.32. The van der Waals surface area contributed by atoms with Crippen molar-refractivity contribution in [3.05, 3.63) is 41.4 Å². The maximum atomic E-state index is 12.6. The monoisotopic (exact) mass is 344 g/mol. The highest BCUT2D eigenvalue weighted by Crippen LogP contribution is 2.34. The molecule has 0 aromatic heterocycles. The van der Waals surface area contributed by atoms with Crippen LogP contribution in [0.5, 0.6) is 0 Å². The zero-order valence-electron chi connectivity index (χ0n) is 12.1. The van der Waals surface area contributed by atoms with Crippen LogP contribution in [0.3, 0.4) is 0 Å². The van der Waals surface area contributed by atoms with Gasteiger partial charge in [0.05, 0.1) is 10.8 Å². The molecule has 1 fully saturated rings. The number of nitriles is 1. The quantitative estimate of drug-likeness (QED) is 0.791. The number of likely N-dealkylation sites (tertiary alicyclic amines) is 1. The molecular weight excluding hydrogens is 329 g/mol. The number of sulfone groups is 1. The molecule has 1 aromatic carbocycles. The second kappa shape index (κ2) is 6.62. The number of rotatable bonds is 3. The van der Waals surface area contributed by atoms with E-state index in [-0.39, 0.29) is 30.8 Å². The van der Waals surface area contributed by atoms with E-state index in [1.54, 1.807) is 12.1 Å². The standard InChI is InChI=1S/C15H15F3N2O2S/c16-15(17,18)12-6-8-20(9-7-12)11-14(10-19)23(21,22)13-4-2-1-3-5-13/h1-5,11-12H,6-9H2/b14-11+. The summed E-state index contributed by atoms with van der Waals surface area (Å²) in [6.45, 7) is 0.138. The van der Waals surface area contributed by atoms with Crippen LogP contribution in [0.25, 0.3) is 0 Å². The SMILES string of the molecule is N#C/C(=C\N1CCC(C(F)(F)F)CC1)S(=O)(=O)c1ccccc1. The van der Waals surface area contributed by atoms with Crippen LogP contribution in [-0.2, 0) is 9.84 Å². The summed E-state index contributed by atoms with van der Waals surface area (Å²) in [6.07, 6.45) is -3.30. The molecule has 1 aliphatic heterocycles. The molecule has 0 radical (unpaired) electrons. The summed E-state index contributed by atoms with van der Waals surface area (Å²) in [6, 6.07) is 9.11. The third-order valence-electron chi connectivity index (χ3n) is 3.75. The molecule has 0 N–H and O–H groups in total. The Morgan fingerprint density at radius 3 is 2.26 bits per heavy atom. The molecule has 1 aliphatic rings. The summed E-state index contributed by atoms with van der Waals surface area (Å²) in [7, 11) is -3.96. The van der Waals surface area contributed by atoms with E-state index in [9.17, 15) is 21.6 Å². The molecule has 8 heteroatoms. The molecule has 1 heterocycles. The average Bonchev–Trinajstić information content (AvgIpc) is 2.53. The Labute approximate surface area is 132 Å². The smallest absolute Gasteiger partial charge is 0.376 e. The molecule has 2 rings (SSSR count). The van der Waals surface area contributed by atoms with Gasteiger partial charge >= 0.3 is 6.18 Å². The van der Waals surface area contributed by atoms with E-state index in [1.165, 1.54) is 29.2 Å². The second-order valence-corrected chi connectivity index (χ2v) is 7.19. The van der Waals surface area contributed by atoms with Crippen molar-refractivity contribution in [1.82, 2.24) is 4.90 Å². The Balaban J connectivity index is 2.17. The fraction of sp³-hybridized carbons (Fsp3) is 0.400. The van der Waals surface area contributed by atoms with Gasteiger partial charge in [0, 0.05) is 19.3 Å². The number of alkyl halides is 3. The number of nitrogens with zero attached hydrogens (tertiary/aromatic N) is 2. The lowest BCUT2D eigenvalue weighted by atomic mass is 9.97. The number of benzene rings is 1. The van der Waals surface area contributed by atoms with Gasteiger partial charge in [-0.3, -0.25) is 0 Å². The van der Waals surface area contributed by atoms with E-state index >= 15 is 0 Å². The number of hydrogen-bond donors (Lipinski definition) is 0. The lowest BCUT2D eigenvalue weighted by Crippen LogP contribution is -2.36. The first-order chi connectivity index (χ1) is 10.7. The lowest BCUT2D eigenvalue weighted by molar-refractivity contribution is -0.183. The van der Waals surface area contributed by atoms with Gasteiger partial charge in [0.15, 0.2) is 4.91 Å². The predicted molar refractivity (Wildman–Crippen MR) is 77.7 cm³/mol. The average molecular weight is 344 g/mol. The first kappa shape index (κ1) is 17.3. The van der Waals surface area contributed by atoms with Crippen LogP contribution in [0.15, 0.2) is 46.3 Å². The summed E-state index contributed by atoms with van der Waals surface area (Å²) in [5.74, 6) is -1.37. The summed E-state index contributed by atoms with van der Waals surface area (Å²) in [4.78, 5) is 0.980. The van der Waals surface area contributed by atoms with Crippen molar-refractivity contribution in [2.75, 3.05) is 13.1 Å². The highest BCUT2D eigenvalue weighted by molar-refractivity contribution is 7.95. The summed E-state index contributed by atoms with van der Waals surface area (Å²) < 4.78 is 62.6. The molecule has 124 valence electrons. The molecular formula is C15H15F3N2O2S. The Kier molecular flexibility index (Phi) is 5.00. The highest BCUT2D eigenvalue weighted by Gasteiger charge is 2.40. The van der Waals surface area contributed by atoms with Gasteiger partial charge in [-0.2, -0.15) is 18.4 Å². The molecule has 23 heavy (non-hydrogen) atoms. The zero-order chi connectivity index (χ0) is 17.1. The molecule has 0 bridgehead atoms. The number of halogens is 3. The summed E-state index contributed by atoms with van der Waals surface area (Å²) in [5, 5.41) is 9.13. The summed E-state index contributed by atoms with van der Waals surface area (Å²) >= 11 is 0. The Bertz CT molecular complexity index is 713. The molecule has 0 amide bonds. The van der Waals surface area contributed by atoms with E-state index in [0.29, 0.717) is 0 Å². The minimum Gasteiger partial charge on any atom is -0.376 e. The van der Waals surface area contributed by atoms with Crippen molar-refractivity contribution in [3.63, 3.8) is 0 Å². The minimum atomic E-state index is -4.23.